The van der Waals surface area contributed by atoms with Crippen LogP contribution in [0, 0.1) is 0 Å². The van der Waals surface area contributed by atoms with Crippen LogP contribution in [0.4, 0.5) is 0 Å². The summed E-state index contributed by atoms with van der Waals surface area (Å²) in [7, 11) is 1.54. The molecule has 0 aliphatic carbocycles. The summed E-state index contributed by atoms with van der Waals surface area (Å²) in [5, 5.41) is 11.4. The van der Waals surface area contributed by atoms with E-state index in [0.717, 1.165) is 20.9 Å². The first-order valence-corrected chi connectivity index (χ1v) is 9.03. The van der Waals surface area contributed by atoms with Crippen molar-refractivity contribution in [1.82, 2.24) is 9.97 Å². The quantitative estimate of drug-likeness (QED) is 0.551. The van der Waals surface area contributed by atoms with Gasteiger partial charge in [-0.15, -0.1) is 0 Å². The minimum atomic E-state index is -0.297. The molecule has 3 rings (SSSR count). The number of allylic oxidation sites excluding steroid dienone is 1. The minimum absolute atomic E-state index is 0.144. The summed E-state index contributed by atoms with van der Waals surface area (Å²) in [6, 6.07) is 12.0. The van der Waals surface area contributed by atoms with Gasteiger partial charge in [0.15, 0.2) is 0 Å². The van der Waals surface area contributed by atoms with Crippen LogP contribution in [0.3, 0.4) is 0 Å². The number of hydrogen-bond donors (Lipinski definition) is 1. The first-order valence-electron chi connectivity index (χ1n) is 7.15. The number of phenolic OH excluding ortho intramolecular Hbond substituents is 1. The molecule has 1 N–H and O–H groups in total. The van der Waals surface area contributed by atoms with E-state index in [9.17, 15) is 5.11 Å². The van der Waals surface area contributed by atoms with Crippen LogP contribution < -0.4 is 13.6 Å². The van der Waals surface area contributed by atoms with Gasteiger partial charge in [-0.05, 0) is 0 Å². The van der Waals surface area contributed by atoms with Crippen molar-refractivity contribution in [3.8, 4) is 11.5 Å². The fourth-order valence-electron chi connectivity index (χ4n) is 2.46. The van der Waals surface area contributed by atoms with Gasteiger partial charge in [-0.25, -0.2) is 0 Å². The van der Waals surface area contributed by atoms with Gasteiger partial charge in [-0.2, -0.15) is 0 Å². The predicted molar refractivity (Wildman–Crippen MR) is 93.1 cm³/mol. The van der Waals surface area contributed by atoms with Crippen molar-refractivity contribution >= 4 is 35.5 Å². The van der Waals surface area contributed by atoms with Crippen LogP contribution in [0.1, 0.15) is 5.56 Å². The molecule has 0 fully saturated rings. The van der Waals surface area contributed by atoms with Gasteiger partial charge in [0.2, 0.25) is 0 Å². The summed E-state index contributed by atoms with van der Waals surface area (Å²) in [6.45, 7) is 3.79. The van der Waals surface area contributed by atoms with E-state index >= 15 is 0 Å². The van der Waals surface area contributed by atoms with Gasteiger partial charge in [-0.3, -0.25) is 0 Å². The third kappa shape index (κ3) is 3.08. The number of aromatic nitrogens is 2. The van der Waals surface area contributed by atoms with Crippen molar-refractivity contribution in [3.63, 3.8) is 0 Å². The number of nitrogens with zero attached hydrogens (tertiary/aromatic N) is 2. The Morgan fingerprint density at radius 3 is 2.74 bits per heavy atom. The fourth-order valence-corrected chi connectivity index (χ4v) is 4.63. The molecule has 0 aliphatic rings. The van der Waals surface area contributed by atoms with Crippen LogP contribution in [-0.4, -0.2) is 37.9 Å². The zero-order chi connectivity index (χ0) is 16.2. The molecule has 115 valence electrons. The van der Waals surface area contributed by atoms with Gasteiger partial charge in [0.1, 0.15) is 0 Å². The molecule has 0 saturated heterocycles. The van der Waals surface area contributed by atoms with Crippen LogP contribution in [0.25, 0.3) is 10.9 Å². The van der Waals surface area contributed by atoms with Crippen LogP contribution in [0.2, 0.25) is 0 Å². The van der Waals surface area contributed by atoms with Gasteiger partial charge in [-0.1, -0.05) is 0 Å². The molecule has 1 aromatic heterocycles. The number of aromatic hydroxyl groups is 1. The van der Waals surface area contributed by atoms with E-state index in [0.29, 0.717) is 12.2 Å². The molecule has 23 heavy (non-hydrogen) atoms. The predicted octanol–water partition coefficient (Wildman–Crippen LogP) is 1.73. The van der Waals surface area contributed by atoms with E-state index in [4.69, 9.17) is 4.74 Å². The van der Waals surface area contributed by atoms with Crippen molar-refractivity contribution in [2.75, 3.05) is 7.11 Å². The molecule has 0 atom stereocenters. The number of fused-ring (bicyclic) bond motifs is 1. The number of rotatable bonds is 5. The third-order valence-electron chi connectivity index (χ3n) is 3.50. The number of hydrogen-bond acceptors (Lipinski definition) is 4. The molecule has 0 bridgehead atoms. The Hall–Kier alpha value is -2.32. The van der Waals surface area contributed by atoms with E-state index in [1.54, 1.807) is 18.5 Å². The van der Waals surface area contributed by atoms with E-state index in [1.165, 1.54) is 11.5 Å². The summed E-state index contributed by atoms with van der Waals surface area (Å²) in [6.07, 6.45) is 3.88. The maximum atomic E-state index is 10.5. The standard InChI is InChI=1S/C18H16AsN2O2/c1-3-7-13-16-14(10-15(23-2)17(13)22)20-11-21-18(16)19-12-8-5-4-6-9-12/h3-6,8-11,22H,1,7H2,2H3. The molecule has 2 aromatic carbocycles. The molecule has 1 heterocycles. The van der Waals surface area contributed by atoms with E-state index in [2.05, 4.69) is 28.7 Å². The number of methoxy groups -OCH3 is 1. The molecular weight excluding hydrogens is 351 g/mol. The molecular formula is C18H16AsN2O2. The first kappa shape index (κ1) is 15.6. The second kappa shape index (κ2) is 6.84. The Morgan fingerprint density at radius 1 is 1.26 bits per heavy atom. The molecule has 3 aromatic rings. The second-order valence-electron chi connectivity index (χ2n) is 4.94. The summed E-state index contributed by atoms with van der Waals surface area (Å²) in [5.74, 6) is 0.570. The van der Waals surface area contributed by atoms with Crippen LogP contribution >= 0.6 is 0 Å². The van der Waals surface area contributed by atoms with Crippen molar-refractivity contribution in [2.45, 2.75) is 6.42 Å². The molecule has 4 nitrogen and oxygen atoms in total. The molecule has 0 unspecified atom stereocenters. The topological polar surface area (TPSA) is 55.2 Å². The Bertz CT molecular complexity index is 851. The summed E-state index contributed by atoms with van der Waals surface area (Å²) in [4.78, 5) is 8.84. The van der Waals surface area contributed by atoms with Crippen LogP contribution in [0.5, 0.6) is 11.5 Å². The Morgan fingerprint density at radius 2 is 2.04 bits per heavy atom. The number of phenols is 1. The molecule has 1 radical (unpaired) electrons. The van der Waals surface area contributed by atoms with Crippen molar-refractivity contribution in [2.24, 2.45) is 0 Å². The maximum absolute atomic E-state index is 10.5. The third-order valence-corrected chi connectivity index (χ3v) is 5.83. The zero-order valence-electron chi connectivity index (χ0n) is 12.7. The van der Waals surface area contributed by atoms with E-state index in [1.807, 2.05) is 18.2 Å². The molecule has 0 saturated carbocycles. The Kier molecular flexibility index (Phi) is 4.63. The van der Waals surface area contributed by atoms with E-state index in [-0.39, 0.29) is 21.5 Å². The van der Waals surface area contributed by atoms with Gasteiger partial charge in [0.05, 0.1) is 0 Å². The number of ether oxygens (including phenoxy) is 1. The summed E-state index contributed by atoms with van der Waals surface area (Å²) < 4.78 is 7.49. The van der Waals surface area contributed by atoms with Crippen LogP contribution in [-0.2, 0) is 6.42 Å². The second-order valence-corrected chi connectivity index (χ2v) is 7.38. The molecule has 0 spiro atoms. The normalized spacial score (nSPS) is 11.2. The van der Waals surface area contributed by atoms with Gasteiger partial charge >= 0.3 is 141 Å². The Labute approximate surface area is 141 Å². The molecule has 0 aliphatic heterocycles. The zero-order valence-corrected chi connectivity index (χ0v) is 14.6. The molecule has 5 heteroatoms. The van der Waals surface area contributed by atoms with Gasteiger partial charge in [0, 0.05) is 0 Å². The SMILES string of the molecule is C=CCc1c(O)c(OC)cc2ncnc([As]c3ccccc3)c12. The Balaban J connectivity index is 2.22. The van der Waals surface area contributed by atoms with Crippen molar-refractivity contribution < 1.29 is 9.84 Å². The first-order chi connectivity index (χ1) is 11.2. The van der Waals surface area contributed by atoms with Crippen molar-refractivity contribution in [3.05, 3.63) is 60.9 Å². The average Bonchev–Trinajstić information content (AvgIpc) is 2.58. The summed E-state index contributed by atoms with van der Waals surface area (Å²) in [5.41, 5.74) is 1.56. The fraction of sp³-hybridized carbons (Fsp3) is 0.111. The summed E-state index contributed by atoms with van der Waals surface area (Å²) >= 11 is -0.297. The molecule has 0 amide bonds. The monoisotopic (exact) mass is 367 g/mol. The average molecular weight is 367 g/mol. The van der Waals surface area contributed by atoms with Gasteiger partial charge < -0.3 is 0 Å². The number of benzene rings is 2. The van der Waals surface area contributed by atoms with Crippen molar-refractivity contribution in [1.29, 1.82) is 0 Å². The van der Waals surface area contributed by atoms with Gasteiger partial charge in [0.25, 0.3) is 0 Å². The van der Waals surface area contributed by atoms with Crippen LogP contribution in [0.15, 0.2) is 55.4 Å². The van der Waals surface area contributed by atoms with E-state index < -0.39 is 0 Å².